The first kappa shape index (κ1) is 24.4. The minimum absolute atomic E-state index is 0.212. The standard InChI is InChI=1S/C26H25F2N3O4/c1-16-8-9-23(29-12-16)26(14-32,15-33)11-21(34)24-17(2)30-25-22(7-4-10-31(24)25)35-13-18-19(27)5-3-6-20(18)28/h3-10,12,32-33H,11,13-15H2,1-2H3. The Morgan fingerprint density at radius 2 is 1.77 bits per heavy atom. The van der Waals surface area contributed by atoms with Crippen LogP contribution in [-0.2, 0) is 12.0 Å². The largest absolute Gasteiger partial charge is 0.485 e. The molecule has 0 saturated heterocycles. The van der Waals surface area contributed by atoms with Gasteiger partial charge < -0.3 is 14.9 Å². The number of aryl methyl sites for hydroxylation is 2. The third kappa shape index (κ3) is 4.65. The zero-order chi connectivity index (χ0) is 25.2. The van der Waals surface area contributed by atoms with Gasteiger partial charge in [-0.1, -0.05) is 12.1 Å². The third-order valence-electron chi connectivity index (χ3n) is 6.05. The van der Waals surface area contributed by atoms with Gasteiger partial charge in [0.2, 0.25) is 0 Å². The summed E-state index contributed by atoms with van der Waals surface area (Å²) in [7, 11) is 0. The predicted octanol–water partition coefficient (Wildman–Crippen LogP) is 3.70. The first-order valence-electron chi connectivity index (χ1n) is 11.0. The van der Waals surface area contributed by atoms with Gasteiger partial charge in [0, 0.05) is 18.8 Å². The highest BCUT2D eigenvalue weighted by Crippen LogP contribution is 2.30. The van der Waals surface area contributed by atoms with Crippen LogP contribution in [0.5, 0.6) is 5.75 Å². The Kier molecular flexibility index (Phi) is 6.90. The molecule has 35 heavy (non-hydrogen) atoms. The molecule has 0 unspecified atom stereocenters. The van der Waals surface area contributed by atoms with Crippen LogP contribution in [0.3, 0.4) is 0 Å². The number of pyridine rings is 2. The van der Waals surface area contributed by atoms with Gasteiger partial charge in [-0.15, -0.1) is 0 Å². The van der Waals surface area contributed by atoms with E-state index in [4.69, 9.17) is 4.74 Å². The Hall–Kier alpha value is -3.69. The Morgan fingerprint density at radius 1 is 1.06 bits per heavy atom. The summed E-state index contributed by atoms with van der Waals surface area (Å²) >= 11 is 0. The molecule has 0 spiro atoms. The number of halogens is 2. The lowest BCUT2D eigenvalue weighted by Crippen LogP contribution is -2.38. The van der Waals surface area contributed by atoms with E-state index < -0.39 is 30.3 Å². The quantitative estimate of drug-likeness (QED) is 0.354. The van der Waals surface area contributed by atoms with Crippen molar-refractivity contribution in [3.8, 4) is 5.75 Å². The molecular formula is C26H25F2N3O4. The van der Waals surface area contributed by atoms with E-state index in [0.29, 0.717) is 17.0 Å². The number of ether oxygens (including phenoxy) is 1. The lowest BCUT2D eigenvalue weighted by atomic mass is 9.80. The molecule has 2 N–H and O–H groups in total. The van der Waals surface area contributed by atoms with Crippen LogP contribution in [0.1, 0.15) is 39.4 Å². The van der Waals surface area contributed by atoms with Crippen LogP contribution in [0.2, 0.25) is 0 Å². The first-order valence-corrected chi connectivity index (χ1v) is 11.0. The summed E-state index contributed by atoms with van der Waals surface area (Å²) in [6, 6.07) is 10.3. The van der Waals surface area contributed by atoms with Crippen LogP contribution in [-0.4, -0.2) is 43.6 Å². The molecule has 0 aliphatic heterocycles. The van der Waals surface area contributed by atoms with Gasteiger partial charge in [0.15, 0.2) is 17.2 Å². The normalized spacial score (nSPS) is 11.7. The number of ketones is 1. The van der Waals surface area contributed by atoms with Crippen molar-refractivity contribution in [2.24, 2.45) is 0 Å². The molecule has 0 saturated carbocycles. The Balaban J connectivity index is 1.66. The molecule has 0 atom stereocenters. The second-order valence-electron chi connectivity index (χ2n) is 8.52. The number of nitrogens with zero attached hydrogens (tertiary/aromatic N) is 3. The molecule has 3 aromatic heterocycles. The fraction of sp³-hybridized carbons (Fsp3) is 0.269. The number of Topliss-reactive ketones (excluding diaryl/α,β-unsaturated/α-hetero) is 1. The van der Waals surface area contributed by atoms with E-state index in [-0.39, 0.29) is 35.8 Å². The van der Waals surface area contributed by atoms with E-state index in [1.807, 2.05) is 6.92 Å². The van der Waals surface area contributed by atoms with Gasteiger partial charge in [-0.05, 0) is 49.7 Å². The summed E-state index contributed by atoms with van der Waals surface area (Å²) in [5, 5.41) is 20.3. The summed E-state index contributed by atoms with van der Waals surface area (Å²) in [6.07, 6.45) is 3.03. The summed E-state index contributed by atoms with van der Waals surface area (Å²) in [5.74, 6) is -1.56. The highest BCUT2D eigenvalue weighted by atomic mass is 19.1. The number of rotatable bonds is 9. The van der Waals surface area contributed by atoms with Crippen molar-refractivity contribution < 1.29 is 28.5 Å². The Labute approximate surface area is 200 Å². The van der Waals surface area contributed by atoms with E-state index in [2.05, 4.69) is 9.97 Å². The minimum Gasteiger partial charge on any atom is -0.485 e. The molecule has 3 heterocycles. The fourth-order valence-electron chi connectivity index (χ4n) is 4.01. The van der Waals surface area contributed by atoms with Crippen LogP contribution < -0.4 is 4.74 Å². The number of aromatic nitrogens is 3. The second kappa shape index (κ2) is 9.89. The van der Waals surface area contributed by atoms with Crippen LogP contribution in [0.15, 0.2) is 54.9 Å². The van der Waals surface area contributed by atoms with Gasteiger partial charge in [-0.25, -0.2) is 13.8 Å². The van der Waals surface area contributed by atoms with Crippen LogP contribution >= 0.6 is 0 Å². The average Bonchev–Trinajstić information content (AvgIpc) is 3.19. The molecule has 4 rings (SSSR count). The molecule has 0 bridgehead atoms. The molecule has 1 aromatic carbocycles. The maximum Gasteiger partial charge on any atom is 0.182 e. The number of imidazole rings is 1. The molecule has 0 radical (unpaired) electrons. The van der Waals surface area contributed by atoms with Crippen LogP contribution in [0.4, 0.5) is 8.78 Å². The maximum atomic E-state index is 14.0. The monoisotopic (exact) mass is 481 g/mol. The number of fused-ring (bicyclic) bond motifs is 1. The van der Waals surface area contributed by atoms with Gasteiger partial charge in [-0.3, -0.25) is 14.2 Å². The molecule has 0 amide bonds. The highest BCUT2D eigenvalue weighted by Gasteiger charge is 2.37. The first-order chi connectivity index (χ1) is 16.8. The number of hydrogen-bond acceptors (Lipinski definition) is 6. The van der Waals surface area contributed by atoms with Crippen molar-refractivity contribution in [3.63, 3.8) is 0 Å². The second-order valence-corrected chi connectivity index (χ2v) is 8.52. The number of aliphatic hydroxyl groups is 2. The van der Waals surface area contributed by atoms with E-state index >= 15 is 0 Å². The molecule has 0 aliphatic carbocycles. The smallest absolute Gasteiger partial charge is 0.182 e. The molecule has 182 valence electrons. The fourth-order valence-corrected chi connectivity index (χ4v) is 4.01. The average molecular weight is 481 g/mol. The zero-order valence-corrected chi connectivity index (χ0v) is 19.3. The SMILES string of the molecule is Cc1ccc(C(CO)(CO)CC(=O)c2c(C)nc3c(OCc4c(F)cccc4F)cccn23)nc1. The molecule has 7 nitrogen and oxygen atoms in total. The van der Waals surface area contributed by atoms with Crippen molar-refractivity contribution in [2.75, 3.05) is 13.2 Å². The van der Waals surface area contributed by atoms with Crippen molar-refractivity contribution in [1.82, 2.24) is 14.4 Å². The van der Waals surface area contributed by atoms with E-state index in [9.17, 15) is 23.8 Å². The van der Waals surface area contributed by atoms with Gasteiger partial charge in [0.1, 0.15) is 23.9 Å². The van der Waals surface area contributed by atoms with Gasteiger partial charge in [0.25, 0.3) is 0 Å². The van der Waals surface area contributed by atoms with Crippen molar-refractivity contribution in [1.29, 1.82) is 0 Å². The van der Waals surface area contributed by atoms with Crippen LogP contribution in [0.25, 0.3) is 5.65 Å². The number of benzene rings is 1. The van der Waals surface area contributed by atoms with Crippen LogP contribution in [0, 0.1) is 25.5 Å². The highest BCUT2D eigenvalue weighted by molar-refractivity contribution is 5.97. The zero-order valence-electron chi connectivity index (χ0n) is 19.3. The summed E-state index contributed by atoms with van der Waals surface area (Å²) in [4.78, 5) is 22.2. The van der Waals surface area contributed by atoms with E-state index in [0.717, 1.165) is 17.7 Å². The van der Waals surface area contributed by atoms with Crippen molar-refractivity contribution in [2.45, 2.75) is 32.3 Å². The van der Waals surface area contributed by atoms with E-state index in [1.54, 1.807) is 43.6 Å². The summed E-state index contributed by atoms with van der Waals surface area (Å²) < 4.78 is 35.2. The number of hydrogen-bond donors (Lipinski definition) is 2. The number of aliphatic hydroxyl groups excluding tert-OH is 2. The Bertz CT molecular complexity index is 1350. The lowest BCUT2D eigenvalue weighted by molar-refractivity contribution is 0.0771. The van der Waals surface area contributed by atoms with E-state index in [1.165, 1.54) is 10.5 Å². The summed E-state index contributed by atoms with van der Waals surface area (Å²) in [5.41, 5.74) is 0.782. The van der Waals surface area contributed by atoms with Gasteiger partial charge in [0.05, 0.1) is 35.6 Å². The topological polar surface area (TPSA) is 97.0 Å². The van der Waals surface area contributed by atoms with Gasteiger partial charge in [-0.2, -0.15) is 0 Å². The number of carbonyl (C=O) groups excluding carboxylic acids is 1. The molecule has 0 aliphatic rings. The molecule has 0 fully saturated rings. The lowest BCUT2D eigenvalue weighted by Gasteiger charge is -2.28. The maximum absolute atomic E-state index is 14.0. The minimum atomic E-state index is -1.28. The third-order valence-corrected chi connectivity index (χ3v) is 6.05. The Morgan fingerprint density at radius 3 is 2.40 bits per heavy atom. The molecular weight excluding hydrogens is 456 g/mol. The van der Waals surface area contributed by atoms with Crippen molar-refractivity contribution >= 4 is 11.4 Å². The summed E-state index contributed by atoms with van der Waals surface area (Å²) in [6.45, 7) is 2.20. The van der Waals surface area contributed by atoms with Crippen molar-refractivity contribution in [3.05, 3.63) is 94.7 Å². The van der Waals surface area contributed by atoms with Gasteiger partial charge >= 0.3 is 0 Å². The molecule has 9 heteroatoms. The predicted molar refractivity (Wildman–Crippen MR) is 124 cm³/mol. The number of carbonyl (C=O) groups is 1. The molecule has 4 aromatic rings.